The Morgan fingerprint density at radius 2 is 2.50 bits per heavy atom. The van der Waals surface area contributed by atoms with Crippen molar-refractivity contribution in [1.29, 1.82) is 0 Å². The van der Waals surface area contributed by atoms with Crippen LogP contribution < -0.4 is 5.73 Å². The van der Waals surface area contributed by atoms with Crippen LogP contribution in [0, 0.1) is 12.0 Å². The van der Waals surface area contributed by atoms with Gasteiger partial charge in [0.05, 0.1) is 0 Å². The minimum atomic E-state index is -1.09. The molecular formula is C6H9NO3. The molecule has 0 aromatic heterocycles. The van der Waals surface area contributed by atoms with E-state index in [4.69, 9.17) is 10.8 Å². The first-order valence-electron chi connectivity index (χ1n) is 2.70. The smallest absolute Gasteiger partial charge is 0.324 e. The molecule has 0 amide bonds. The summed E-state index contributed by atoms with van der Waals surface area (Å²) in [6.07, 6.45) is 2.24. The van der Waals surface area contributed by atoms with Crippen molar-refractivity contribution in [3.05, 3.63) is 0 Å². The number of nitrogens with two attached hydrogens (primary N) is 1. The van der Waals surface area contributed by atoms with Crippen LogP contribution in [0.4, 0.5) is 0 Å². The summed E-state index contributed by atoms with van der Waals surface area (Å²) >= 11 is 0. The van der Waals surface area contributed by atoms with Crippen molar-refractivity contribution in [3.63, 3.8) is 0 Å². The number of carbonyl (C=O) groups is 1. The first-order valence-corrected chi connectivity index (χ1v) is 2.70. The molecule has 10 heavy (non-hydrogen) atoms. The zero-order valence-corrected chi connectivity index (χ0v) is 5.63. The van der Waals surface area contributed by atoms with Crippen LogP contribution in [0.2, 0.25) is 0 Å². The molecule has 0 aliphatic rings. The lowest BCUT2D eigenvalue weighted by atomic mass is 10.3. The van der Waals surface area contributed by atoms with Crippen LogP contribution in [-0.4, -0.2) is 23.7 Å². The standard InChI is InChI=1S/C6H9NO3/c1-2-3-10-4-5(7)6(8)9/h5H,4,7H2,1H3,(H,8,9)/t5-/m0/s1. The number of carboxylic acids is 1. The van der Waals surface area contributed by atoms with Crippen molar-refractivity contribution in [3.8, 4) is 12.0 Å². The molecule has 0 saturated heterocycles. The van der Waals surface area contributed by atoms with Gasteiger partial charge < -0.3 is 15.6 Å². The van der Waals surface area contributed by atoms with Gasteiger partial charge in [0.15, 0.2) is 0 Å². The van der Waals surface area contributed by atoms with Crippen LogP contribution in [-0.2, 0) is 9.53 Å². The molecule has 4 nitrogen and oxygen atoms in total. The third kappa shape index (κ3) is 3.75. The quantitative estimate of drug-likeness (QED) is 0.517. The molecule has 56 valence electrons. The Hall–Kier alpha value is -1.21. The van der Waals surface area contributed by atoms with E-state index in [1.807, 2.05) is 0 Å². The zero-order chi connectivity index (χ0) is 7.98. The molecule has 0 radical (unpaired) electrons. The maximum Gasteiger partial charge on any atom is 0.324 e. The minimum absolute atomic E-state index is 0.0732. The summed E-state index contributed by atoms with van der Waals surface area (Å²) in [6, 6.07) is -0.985. The van der Waals surface area contributed by atoms with Crippen molar-refractivity contribution in [1.82, 2.24) is 0 Å². The monoisotopic (exact) mass is 143 g/mol. The number of carboxylic acid groups (broad SMARTS) is 1. The lowest BCUT2D eigenvalue weighted by molar-refractivity contribution is -0.139. The molecule has 0 aliphatic carbocycles. The summed E-state index contributed by atoms with van der Waals surface area (Å²) in [5.41, 5.74) is 5.06. The number of hydrogen-bond acceptors (Lipinski definition) is 3. The molecule has 0 aromatic carbocycles. The first kappa shape index (κ1) is 8.79. The molecule has 1 atom stereocenters. The molecule has 3 N–H and O–H groups in total. The highest BCUT2D eigenvalue weighted by Gasteiger charge is 2.10. The van der Waals surface area contributed by atoms with E-state index >= 15 is 0 Å². The molecule has 0 heterocycles. The van der Waals surface area contributed by atoms with Crippen molar-refractivity contribution < 1.29 is 14.6 Å². The summed E-state index contributed by atoms with van der Waals surface area (Å²) in [4.78, 5) is 10.0. The fraction of sp³-hybridized carbons (Fsp3) is 0.500. The maximum absolute atomic E-state index is 10.0. The third-order valence-corrected chi connectivity index (χ3v) is 0.754. The Morgan fingerprint density at radius 1 is 1.90 bits per heavy atom. The van der Waals surface area contributed by atoms with Gasteiger partial charge in [-0.1, -0.05) is 5.92 Å². The van der Waals surface area contributed by atoms with Gasteiger partial charge >= 0.3 is 5.97 Å². The van der Waals surface area contributed by atoms with Crippen molar-refractivity contribution in [2.75, 3.05) is 6.61 Å². The SMILES string of the molecule is CC#COC[C@H](N)C(=O)O. The van der Waals surface area contributed by atoms with Gasteiger partial charge in [-0.05, 0) is 0 Å². The Balaban J connectivity index is 3.46. The van der Waals surface area contributed by atoms with E-state index < -0.39 is 12.0 Å². The minimum Gasteiger partial charge on any atom is -0.480 e. The van der Waals surface area contributed by atoms with Gasteiger partial charge in [-0.3, -0.25) is 4.79 Å². The molecule has 0 unspecified atom stereocenters. The fourth-order valence-electron chi connectivity index (χ4n) is 0.275. The van der Waals surface area contributed by atoms with Gasteiger partial charge in [-0.25, -0.2) is 0 Å². The second-order valence-electron chi connectivity index (χ2n) is 1.61. The summed E-state index contributed by atoms with van der Waals surface area (Å²) in [5, 5.41) is 8.23. The summed E-state index contributed by atoms with van der Waals surface area (Å²) < 4.78 is 4.54. The molecule has 0 aliphatic heterocycles. The predicted molar refractivity (Wildman–Crippen MR) is 35.0 cm³/mol. The van der Waals surface area contributed by atoms with Crippen LogP contribution >= 0.6 is 0 Å². The highest BCUT2D eigenvalue weighted by Crippen LogP contribution is 1.79. The number of ether oxygens (including phenoxy) is 1. The van der Waals surface area contributed by atoms with Gasteiger partial charge in [0.1, 0.15) is 18.8 Å². The first-order chi connectivity index (χ1) is 4.68. The van der Waals surface area contributed by atoms with Crippen molar-refractivity contribution in [2.24, 2.45) is 5.73 Å². The topological polar surface area (TPSA) is 72.5 Å². The molecule has 0 rings (SSSR count). The van der Waals surface area contributed by atoms with E-state index in [-0.39, 0.29) is 6.61 Å². The van der Waals surface area contributed by atoms with Gasteiger partial charge in [0.25, 0.3) is 0 Å². The molecule has 0 saturated carbocycles. The maximum atomic E-state index is 10.0. The summed E-state index contributed by atoms with van der Waals surface area (Å²) in [5.74, 6) is 1.36. The Labute approximate surface area is 59.0 Å². The molecule has 0 spiro atoms. The van der Waals surface area contributed by atoms with Crippen molar-refractivity contribution >= 4 is 5.97 Å². The molecule has 0 aromatic rings. The molecule has 0 fully saturated rings. The highest BCUT2D eigenvalue weighted by molar-refractivity contribution is 5.73. The van der Waals surface area contributed by atoms with E-state index in [2.05, 4.69) is 16.8 Å². The summed E-state index contributed by atoms with van der Waals surface area (Å²) in [7, 11) is 0. The third-order valence-electron chi connectivity index (χ3n) is 0.754. The van der Waals surface area contributed by atoms with Gasteiger partial charge in [0, 0.05) is 6.92 Å². The molecule has 0 bridgehead atoms. The van der Waals surface area contributed by atoms with Crippen LogP contribution in [0.3, 0.4) is 0 Å². The largest absolute Gasteiger partial charge is 0.480 e. The van der Waals surface area contributed by atoms with E-state index in [1.54, 1.807) is 6.92 Å². The van der Waals surface area contributed by atoms with Crippen LogP contribution in [0.25, 0.3) is 0 Å². The second kappa shape index (κ2) is 4.65. The lowest BCUT2D eigenvalue weighted by Gasteiger charge is -2.01. The zero-order valence-electron chi connectivity index (χ0n) is 5.63. The van der Waals surface area contributed by atoms with E-state index in [1.165, 1.54) is 0 Å². The highest BCUT2D eigenvalue weighted by atomic mass is 16.5. The number of hydrogen-bond donors (Lipinski definition) is 2. The van der Waals surface area contributed by atoms with Crippen LogP contribution in [0.15, 0.2) is 0 Å². The van der Waals surface area contributed by atoms with Gasteiger partial charge in [-0.2, -0.15) is 0 Å². The average molecular weight is 143 g/mol. The van der Waals surface area contributed by atoms with Crippen LogP contribution in [0.1, 0.15) is 6.92 Å². The lowest BCUT2D eigenvalue weighted by Crippen LogP contribution is -2.34. The van der Waals surface area contributed by atoms with E-state index in [0.717, 1.165) is 0 Å². The Bertz CT molecular complexity index is 168. The normalized spacial score (nSPS) is 11.0. The Morgan fingerprint density at radius 3 is 2.90 bits per heavy atom. The van der Waals surface area contributed by atoms with E-state index in [9.17, 15) is 4.79 Å². The van der Waals surface area contributed by atoms with E-state index in [0.29, 0.717) is 0 Å². The van der Waals surface area contributed by atoms with Gasteiger partial charge in [0.2, 0.25) is 0 Å². The van der Waals surface area contributed by atoms with Crippen LogP contribution in [0.5, 0.6) is 0 Å². The Kier molecular flexibility index (Phi) is 4.09. The average Bonchev–Trinajstić information content (AvgIpc) is 1.88. The van der Waals surface area contributed by atoms with Crippen molar-refractivity contribution in [2.45, 2.75) is 13.0 Å². The number of aliphatic carboxylic acids is 1. The van der Waals surface area contributed by atoms with Gasteiger partial charge in [-0.15, -0.1) is 0 Å². The number of rotatable bonds is 3. The second-order valence-corrected chi connectivity index (χ2v) is 1.61. The molecule has 4 heteroatoms. The molecular weight excluding hydrogens is 134 g/mol. The fourth-order valence-corrected chi connectivity index (χ4v) is 0.275. The predicted octanol–water partition coefficient (Wildman–Crippen LogP) is -0.604. The summed E-state index contributed by atoms with van der Waals surface area (Å²) in [6.45, 7) is 1.52.